The van der Waals surface area contributed by atoms with Crippen molar-refractivity contribution in [2.24, 2.45) is 0 Å². The van der Waals surface area contributed by atoms with Gasteiger partial charge in [0.05, 0.1) is 11.3 Å². The number of amides is 2. The van der Waals surface area contributed by atoms with E-state index in [0.717, 1.165) is 0 Å². The Kier molecular flexibility index (Phi) is 6.01. The van der Waals surface area contributed by atoms with Crippen molar-refractivity contribution in [1.29, 1.82) is 0 Å². The van der Waals surface area contributed by atoms with E-state index in [4.69, 9.17) is 0 Å². The van der Waals surface area contributed by atoms with Crippen molar-refractivity contribution in [3.8, 4) is 0 Å². The van der Waals surface area contributed by atoms with Crippen molar-refractivity contribution in [3.63, 3.8) is 0 Å². The largest absolute Gasteiger partial charge is 0.354 e. The lowest BCUT2D eigenvalue weighted by atomic mass is 10.1. The first-order valence-electron chi connectivity index (χ1n) is 7.40. The van der Waals surface area contributed by atoms with E-state index < -0.39 is 4.92 Å². The van der Waals surface area contributed by atoms with E-state index in [-0.39, 0.29) is 37.0 Å². The van der Waals surface area contributed by atoms with Gasteiger partial charge in [-0.25, -0.2) is 0 Å². The highest BCUT2D eigenvalue weighted by atomic mass is 16.6. The van der Waals surface area contributed by atoms with Gasteiger partial charge in [0.25, 0.3) is 11.6 Å². The molecule has 0 bridgehead atoms. The van der Waals surface area contributed by atoms with Crippen LogP contribution in [0, 0.1) is 10.1 Å². The maximum absolute atomic E-state index is 11.9. The SMILES string of the molecule is O=C(Cc1ccccc1[N+](=O)[O-])NCCNC(=O)c1ccccc1. The predicted octanol–water partition coefficient (Wildman–Crippen LogP) is 1.68. The number of nitrogens with zero attached hydrogens (tertiary/aromatic N) is 1. The molecular weight excluding hydrogens is 310 g/mol. The summed E-state index contributed by atoms with van der Waals surface area (Å²) in [5, 5.41) is 16.2. The molecular formula is C17H17N3O4. The minimum Gasteiger partial charge on any atom is -0.354 e. The average Bonchev–Trinajstić information content (AvgIpc) is 2.59. The molecule has 0 fully saturated rings. The van der Waals surface area contributed by atoms with E-state index in [9.17, 15) is 19.7 Å². The van der Waals surface area contributed by atoms with Crippen molar-refractivity contribution >= 4 is 17.5 Å². The highest BCUT2D eigenvalue weighted by Crippen LogP contribution is 2.17. The lowest BCUT2D eigenvalue weighted by molar-refractivity contribution is -0.385. The van der Waals surface area contributed by atoms with E-state index >= 15 is 0 Å². The molecule has 24 heavy (non-hydrogen) atoms. The van der Waals surface area contributed by atoms with Crippen LogP contribution in [0.4, 0.5) is 5.69 Å². The Morgan fingerprint density at radius 3 is 2.25 bits per heavy atom. The monoisotopic (exact) mass is 327 g/mol. The van der Waals surface area contributed by atoms with Crippen LogP contribution < -0.4 is 10.6 Å². The molecule has 0 atom stereocenters. The van der Waals surface area contributed by atoms with Gasteiger partial charge in [0.15, 0.2) is 0 Å². The summed E-state index contributed by atoms with van der Waals surface area (Å²) in [5.74, 6) is -0.554. The molecule has 2 aromatic carbocycles. The normalized spacial score (nSPS) is 10.0. The summed E-state index contributed by atoms with van der Waals surface area (Å²) in [7, 11) is 0. The zero-order valence-electron chi connectivity index (χ0n) is 12.9. The first-order valence-corrected chi connectivity index (χ1v) is 7.40. The van der Waals surface area contributed by atoms with E-state index in [1.165, 1.54) is 6.07 Å². The van der Waals surface area contributed by atoms with Crippen LogP contribution >= 0.6 is 0 Å². The van der Waals surface area contributed by atoms with E-state index in [2.05, 4.69) is 10.6 Å². The molecule has 0 unspecified atom stereocenters. The number of para-hydroxylation sites is 1. The second-order valence-electron chi connectivity index (χ2n) is 5.03. The highest BCUT2D eigenvalue weighted by Gasteiger charge is 2.15. The molecule has 0 aromatic heterocycles. The lowest BCUT2D eigenvalue weighted by Crippen LogP contribution is -2.35. The molecule has 2 aromatic rings. The van der Waals surface area contributed by atoms with Crippen LogP contribution in [0.25, 0.3) is 0 Å². The van der Waals surface area contributed by atoms with E-state index in [0.29, 0.717) is 11.1 Å². The molecule has 2 amide bonds. The summed E-state index contributed by atoms with van der Waals surface area (Å²) >= 11 is 0. The molecule has 0 saturated carbocycles. The van der Waals surface area contributed by atoms with Crippen LogP contribution in [-0.2, 0) is 11.2 Å². The summed E-state index contributed by atoms with van der Waals surface area (Å²) in [6, 6.07) is 14.9. The topological polar surface area (TPSA) is 101 Å². The number of rotatable bonds is 7. The maximum atomic E-state index is 11.9. The average molecular weight is 327 g/mol. The zero-order chi connectivity index (χ0) is 17.4. The first-order chi connectivity index (χ1) is 11.6. The quantitative estimate of drug-likeness (QED) is 0.459. The molecule has 2 rings (SSSR count). The molecule has 124 valence electrons. The van der Waals surface area contributed by atoms with Crippen LogP contribution in [0.2, 0.25) is 0 Å². The summed E-state index contributed by atoms with van der Waals surface area (Å²) < 4.78 is 0. The highest BCUT2D eigenvalue weighted by molar-refractivity contribution is 5.94. The fourth-order valence-corrected chi connectivity index (χ4v) is 2.14. The van der Waals surface area contributed by atoms with E-state index in [1.54, 1.807) is 42.5 Å². The van der Waals surface area contributed by atoms with E-state index in [1.807, 2.05) is 6.07 Å². The number of hydrogen-bond acceptors (Lipinski definition) is 4. The minimum atomic E-state index is -0.511. The standard InChI is InChI=1S/C17H17N3O4/c21-16(12-14-8-4-5-9-15(14)20(23)24)18-10-11-19-17(22)13-6-2-1-3-7-13/h1-9H,10-12H2,(H,18,21)(H,19,22). The summed E-state index contributed by atoms with van der Waals surface area (Å²) in [4.78, 5) is 34.0. The van der Waals surface area contributed by atoms with Gasteiger partial charge >= 0.3 is 0 Å². The first kappa shape index (κ1) is 17.1. The van der Waals surface area contributed by atoms with Crippen LogP contribution in [0.5, 0.6) is 0 Å². The van der Waals surface area contributed by atoms with Gasteiger partial charge in [0.2, 0.25) is 5.91 Å². The molecule has 2 N–H and O–H groups in total. The van der Waals surface area contributed by atoms with Crippen molar-refractivity contribution in [3.05, 3.63) is 75.8 Å². The number of carbonyl (C=O) groups is 2. The summed E-state index contributed by atoms with van der Waals surface area (Å²) in [6.45, 7) is 0.522. The van der Waals surface area contributed by atoms with Crippen molar-refractivity contribution in [2.45, 2.75) is 6.42 Å². The van der Waals surface area contributed by atoms with Gasteiger partial charge in [-0.15, -0.1) is 0 Å². The van der Waals surface area contributed by atoms with Crippen LogP contribution in [0.3, 0.4) is 0 Å². The lowest BCUT2D eigenvalue weighted by Gasteiger charge is -2.07. The second kappa shape index (κ2) is 8.42. The predicted molar refractivity (Wildman–Crippen MR) is 88.6 cm³/mol. The Morgan fingerprint density at radius 1 is 0.917 bits per heavy atom. The van der Waals surface area contributed by atoms with Crippen LogP contribution in [0.15, 0.2) is 54.6 Å². The summed E-state index contributed by atoms with van der Waals surface area (Å²) in [5.41, 5.74) is 0.821. The second-order valence-corrected chi connectivity index (χ2v) is 5.03. The van der Waals surface area contributed by atoms with Crippen LogP contribution in [-0.4, -0.2) is 29.8 Å². The van der Waals surface area contributed by atoms with Crippen molar-refractivity contribution in [2.75, 3.05) is 13.1 Å². The van der Waals surface area contributed by atoms with Gasteiger partial charge in [-0.05, 0) is 12.1 Å². The van der Waals surface area contributed by atoms with Gasteiger partial charge in [-0.3, -0.25) is 19.7 Å². The molecule has 0 heterocycles. The Labute approximate surface area is 138 Å². The third kappa shape index (κ3) is 4.91. The molecule has 7 heteroatoms. The van der Waals surface area contributed by atoms with Crippen molar-refractivity contribution < 1.29 is 14.5 Å². The smallest absolute Gasteiger partial charge is 0.273 e. The fourth-order valence-electron chi connectivity index (χ4n) is 2.14. The number of nitro benzene ring substituents is 1. The molecule has 0 aliphatic heterocycles. The Balaban J connectivity index is 1.76. The molecule has 0 spiro atoms. The summed E-state index contributed by atoms with van der Waals surface area (Å²) in [6.07, 6.45) is -0.0796. The minimum absolute atomic E-state index is 0.0787. The van der Waals surface area contributed by atoms with Gasteiger partial charge in [0.1, 0.15) is 0 Å². The van der Waals surface area contributed by atoms with Gasteiger partial charge in [0, 0.05) is 30.3 Å². The number of hydrogen-bond donors (Lipinski definition) is 2. The molecule has 0 aliphatic carbocycles. The zero-order valence-corrected chi connectivity index (χ0v) is 12.9. The number of carbonyl (C=O) groups excluding carboxylic acids is 2. The van der Waals surface area contributed by atoms with Crippen molar-refractivity contribution in [1.82, 2.24) is 10.6 Å². The maximum Gasteiger partial charge on any atom is 0.273 e. The number of nitro groups is 1. The number of nitrogens with one attached hydrogen (secondary N) is 2. The molecule has 7 nitrogen and oxygen atoms in total. The Hall–Kier alpha value is -3.22. The van der Waals surface area contributed by atoms with Gasteiger partial charge in [-0.1, -0.05) is 36.4 Å². The Bertz CT molecular complexity index is 732. The van der Waals surface area contributed by atoms with Gasteiger partial charge < -0.3 is 10.6 Å². The number of benzene rings is 2. The molecule has 0 aliphatic rings. The third-order valence-corrected chi connectivity index (χ3v) is 3.31. The molecule has 0 saturated heterocycles. The van der Waals surface area contributed by atoms with Crippen LogP contribution in [0.1, 0.15) is 15.9 Å². The van der Waals surface area contributed by atoms with Gasteiger partial charge in [-0.2, -0.15) is 0 Å². The Morgan fingerprint density at radius 2 is 1.54 bits per heavy atom. The fraction of sp³-hybridized carbons (Fsp3) is 0.176. The third-order valence-electron chi connectivity index (χ3n) is 3.31. The molecule has 0 radical (unpaired) electrons.